The van der Waals surface area contributed by atoms with Gasteiger partial charge in [0.05, 0.1) is 34.3 Å². The normalized spacial score (nSPS) is 18.4. The molecule has 2 aliphatic heterocycles. The summed E-state index contributed by atoms with van der Waals surface area (Å²) >= 11 is 0. The number of imidazole rings is 1. The number of carbonyl (C=O) groups is 1. The lowest BCUT2D eigenvalue weighted by molar-refractivity contribution is 0.1000. The van der Waals surface area contributed by atoms with Crippen molar-refractivity contribution in [2.75, 3.05) is 38.1 Å². The molecule has 0 spiro atoms. The quantitative estimate of drug-likeness (QED) is 0.467. The summed E-state index contributed by atoms with van der Waals surface area (Å²) in [5, 5.41) is 0. The third-order valence-electron chi connectivity index (χ3n) is 8.61. The second-order valence-electron chi connectivity index (χ2n) is 11.0. The SMILES string of the molecule is CN(CCN1CCCCC1)c1cc(-c2ccc3c(c2)ncn3C2CCCCC2)c2c(c1C(N)=O)CC=N2. The number of hydrogen-bond acceptors (Lipinski definition) is 5. The first-order chi connectivity index (χ1) is 18.1. The molecule has 1 aliphatic carbocycles. The molecular formula is C30H38N6O. The van der Waals surface area contributed by atoms with Gasteiger partial charge in [-0.1, -0.05) is 31.7 Å². The Bertz CT molecular complexity index is 1330. The van der Waals surface area contributed by atoms with E-state index in [-0.39, 0.29) is 5.91 Å². The summed E-state index contributed by atoms with van der Waals surface area (Å²) < 4.78 is 2.37. The monoisotopic (exact) mass is 498 g/mol. The largest absolute Gasteiger partial charge is 0.373 e. The van der Waals surface area contributed by atoms with Gasteiger partial charge >= 0.3 is 0 Å². The number of carbonyl (C=O) groups excluding carboxylic acids is 1. The summed E-state index contributed by atoms with van der Waals surface area (Å²) in [5.74, 6) is -0.380. The summed E-state index contributed by atoms with van der Waals surface area (Å²) in [6.45, 7) is 4.16. The zero-order valence-corrected chi connectivity index (χ0v) is 22.0. The van der Waals surface area contributed by atoms with E-state index < -0.39 is 0 Å². The van der Waals surface area contributed by atoms with Crippen LogP contribution in [0.2, 0.25) is 0 Å². The second kappa shape index (κ2) is 10.3. The molecule has 0 bridgehead atoms. The fraction of sp³-hybridized carbons (Fsp3) is 0.500. The zero-order chi connectivity index (χ0) is 25.4. The molecule has 2 N–H and O–H groups in total. The molecule has 2 aromatic carbocycles. The van der Waals surface area contributed by atoms with E-state index in [9.17, 15) is 4.79 Å². The van der Waals surface area contributed by atoms with E-state index in [0.29, 0.717) is 18.0 Å². The number of fused-ring (bicyclic) bond motifs is 2. The minimum absolute atomic E-state index is 0.380. The Morgan fingerprint density at radius 2 is 1.86 bits per heavy atom. The Balaban J connectivity index is 1.36. The minimum Gasteiger partial charge on any atom is -0.373 e. The van der Waals surface area contributed by atoms with Crippen LogP contribution >= 0.6 is 0 Å². The van der Waals surface area contributed by atoms with Gasteiger partial charge in [0.2, 0.25) is 0 Å². The number of likely N-dealkylation sites (tertiary alicyclic amines) is 1. The van der Waals surface area contributed by atoms with Crippen molar-refractivity contribution in [1.82, 2.24) is 14.5 Å². The predicted molar refractivity (Wildman–Crippen MR) is 151 cm³/mol. The first-order valence-electron chi connectivity index (χ1n) is 14.0. The van der Waals surface area contributed by atoms with Crippen molar-refractivity contribution in [2.45, 2.75) is 63.8 Å². The molecule has 3 aliphatic rings. The van der Waals surface area contributed by atoms with Crippen LogP contribution in [0.4, 0.5) is 11.4 Å². The molecule has 3 heterocycles. The second-order valence-corrected chi connectivity index (χ2v) is 11.0. The number of aliphatic imine (C=N–C) groups is 1. The van der Waals surface area contributed by atoms with Gasteiger partial charge in [-0.15, -0.1) is 0 Å². The molecule has 1 amide bonds. The van der Waals surface area contributed by atoms with Gasteiger partial charge in [0.25, 0.3) is 5.91 Å². The van der Waals surface area contributed by atoms with Crippen molar-refractivity contribution in [3.05, 3.63) is 41.7 Å². The Morgan fingerprint density at radius 1 is 1.08 bits per heavy atom. The molecule has 194 valence electrons. The number of hydrogen-bond donors (Lipinski definition) is 1. The number of amides is 1. The van der Waals surface area contributed by atoms with Gasteiger partial charge in [-0.3, -0.25) is 9.79 Å². The lowest BCUT2D eigenvalue weighted by Gasteiger charge is -2.30. The molecular weight excluding hydrogens is 460 g/mol. The number of nitrogens with zero attached hydrogens (tertiary/aromatic N) is 5. The maximum atomic E-state index is 12.7. The van der Waals surface area contributed by atoms with Gasteiger partial charge in [-0.2, -0.15) is 0 Å². The van der Waals surface area contributed by atoms with E-state index in [1.54, 1.807) is 0 Å². The third kappa shape index (κ3) is 4.65. The van der Waals surface area contributed by atoms with Crippen molar-refractivity contribution in [1.29, 1.82) is 0 Å². The molecule has 0 radical (unpaired) electrons. The molecule has 0 atom stereocenters. The lowest BCUT2D eigenvalue weighted by atomic mass is 9.93. The van der Waals surface area contributed by atoms with Crippen LogP contribution in [0.5, 0.6) is 0 Å². The van der Waals surface area contributed by atoms with Crippen LogP contribution in [-0.4, -0.2) is 59.8 Å². The average molecular weight is 499 g/mol. The Morgan fingerprint density at radius 3 is 2.65 bits per heavy atom. The van der Waals surface area contributed by atoms with E-state index in [0.717, 1.165) is 59.8 Å². The first kappa shape index (κ1) is 24.2. The van der Waals surface area contributed by atoms with Crippen molar-refractivity contribution in [2.24, 2.45) is 10.7 Å². The molecule has 3 aromatic rings. The molecule has 6 rings (SSSR count). The highest BCUT2D eigenvalue weighted by Gasteiger charge is 2.26. The molecule has 7 nitrogen and oxygen atoms in total. The average Bonchev–Trinajstić information content (AvgIpc) is 3.59. The van der Waals surface area contributed by atoms with Crippen LogP contribution in [0.1, 0.15) is 73.3 Å². The third-order valence-corrected chi connectivity index (χ3v) is 8.61. The Hall–Kier alpha value is -3.19. The van der Waals surface area contributed by atoms with Gasteiger partial charge in [0, 0.05) is 44.4 Å². The van der Waals surface area contributed by atoms with Gasteiger partial charge in [0.15, 0.2) is 0 Å². The van der Waals surface area contributed by atoms with Crippen LogP contribution in [0, 0.1) is 0 Å². The number of rotatable bonds is 7. The van der Waals surface area contributed by atoms with E-state index in [2.05, 4.69) is 45.7 Å². The van der Waals surface area contributed by atoms with Crippen LogP contribution in [-0.2, 0) is 6.42 Å². The van der Waals surface area contributed by atoms with Crippen molar-refractivity contribution < 1.29 is 4.79 Å². The number of likely N-dealkylation sites (N-methyl/N-ethyl adjacent to an activating group) is 1. The van der Waals surface area contributed by atoms with Crippen LogP contribution in [0.3, 0.4) is 0 Å². The molecule has 0 unspecified atom stereocenters. The fourth-order valence-corrected chi connectivity index (χ4v) is 6.53. The van der Waals surface area contributed by atoms with Crippen molar-refractivity contribution in [3.63, 3.8) is 0 Å². The topological polar surface area (TPSA) is 79.8 Å². The highest BCUT2D eigenvalue weighted by Crippen LogP contribution is 2.43. The van der Waals surface area contributed by atoms with E-state index in [4.69, 9.17) is 15.7 Å². The maximum absolute atomic E-state index is 12.7. The van der Waals surface area contributed by atoms with Crippen LogP contribution < -0.4 is 10.6 Å². The summed E-state index contributed by atoms with van der Waals surface area (Å²) in [7, 11) is 2.08. The van der Waals surface area contributed by atoms with Gasteiger partial charge in [0.1, 0.15) is 0 Å². The lowest BCUT2D eigenvalue weighted by Crippen LogP contribution is -2.37. The molecule has 7 heteroatoms. The van der Waals surface area contributed by atoms with E-state index >= 15 is 0 Å². The number of anilines is 1. The van der Waals surface area contributed by atoms with Gasteiger partial charge in [-0.05, 0) is 68.1 Å². The summed E-state index contributed by atoms with van der Waals surface area (Å²) in [6.07, 6.45) is 14.8. The first-order valence-corrected chi connectivity index (χ1v) is 14.0. The standard InChI is InChI=1S/C30H38N6O/c1-34(16-17-35-14-6-3-7-15-35)27-19-24(29-23(12-13-32-29)28(27)30(31)37)21-10-11-26-25(18-21)33-20-36(26)22-8-4-2-5-9-22/h10-11,13,18-20,22H,2-9,12,14-17H2,1H3,(H2,31,37). The summed E-state index contributed by atoms with van der Waals surface area (Å²) in [5.41, 5.74) is 13.6. The molecule has 1 saturated carbocycles. The molecule has 1 aromatic heterocycles. The molecule has 37 heavy (non-hydrogen) atoms. The Labute approximate surface area is 219 Å². The predicted octanol–water partition coefficient (Wildman–Crippen LogP) is 5.49. The van der Waals surface area contributed by atoms with E-state index in [1.807, 2.05) is 12.5 Å². The van der Waals surface area contributed by atoms with E-state index in [1.165, 1.54) is 56.9 Å². The highest BCUT2D eigenvalue weighted by atomic mass is 16.1. The smallest absolute Gasteiger partial charge is 0.251 e. The van der Waals surface area contributed by atoms with Crippen molar-refractivity contribution >= 4 is 34.5 Å². The summed E-state index contributed by atoms with van der Waals surface area (Å²) in [4.78, 5) is 26.9. The maximum Gasteiger partial charge on any atom is 0.251 e. The van der Waals surface area contributed by atoms with Crippen LogP contribution in [0.25, 0.3) is 22.2 Å². The number of aromatic nitrogens is 2. The molecule has 2 fully saturated rings. The summed E-state index contributed by atoms with van der Waals surface area (Å²) in [6, 6.07) is 9.25. The van der Waals surface area contributed by atoms with Gasteiger partial charge in [-0.25, -0.2) is 4.98 Å². The number of primary amides is 1. The van der Waals surface area contributed by atoms with Crippen molar-refractivity contribution in [3.8, 4) is 11.1 Å². The zero-order valence-electron chi connectivity index (χ0n) is 22.0. The molecule has 1 saturated heterocycles. The number of piperidine rings is 1. The number of nitrogens with two attached hydrogens (primary N) is 1. The fourth-order valence-electron chi connectivity index (χ4n) is 6.53. The Kier molecular flexibility index (Phi) is 6.72. The van der Waals surface area contributed by atoms with Gasteiger partial charge < -0.3 is 20.1 Å². The number of benzene rings is 2. The minimum atomic E-state index is -0.380. The highest BCUT2D eigenvalue weighted by molar-refractivity contribution is 6.06. The van der Waals surface area contributed by atoms with Crippen LogP contribution in [0.15, 0.2) is 35.6 Å².